The highest BCUT2D eigenvalue weighted by Gasteiger charge is 2.21. The predicted octanol–water partition coefficient (Wildman–Crippen LogP) is 1.43. The van der Waals surface area contributed by atoms with E-state index in [2.05, 4.69) is 10.1 Å². The van der Waals surface area contributed by atoms with Crippen LogP contribution < -0.4 is 5.73 Å². The second-order valence-corrected chi connectivity index (χ2v) is 3.84. The lowest BCUT2D eigenvalue weighted by atomic mass is 9.83. The van der Waals surface area contributed by atoms with Gasteiger partial charge in [0.05, 0.1) is 6.04 Å². The standard InChI is InChI=1S/C9H15N3O/c1-6(10)9-11-8(13-12-9)5-7-3-2-4-7/h6-7H,2-5,10H2,1H3. The summed E-state index contributed by atoms with van der Waals surface area (Å²) in [5, 5.41) is 3.82. The van der Waals surface area contributed by atoms with Crippen LogP contribution in [0.1, 0.15) is 43.9 Å². The molecule has 1 saturated carbocycles. The van der Waals surface area contributed by atoms with Crippen LogP contribution in [0.4, 0.5) is 0 Å². The number of hydrogen-bond donors (Lipinski definition) is 1. The summed E-state index contributed by atoms with van der Waals surface area (Å²) in [6.07, 6.45) is 4.88. The minimum absolute atomic E-state index is 0.126. The lowest BCUT2D eigenvalue weighted by molar-refractivity contribution is 0.273. The molecule has 2 N–H and O–H groups in total. The third kappa shape index (κ3) is 1.88. The molecule has 1 heterocycles. The maximum Gasteiger partial charge on any atom is 0.226 e. The Morgan fingerprint density at radius 1 is 1.62 bits per heavy atom. The topological polar surface area (TPSA) is 64.9 Å². The summed E-state index contributed by atoms with van der Waals surface area (Å²) < 4.78 is 5.09. The van der Waals surface area contributed by atoms with Crippen molar-refractivity contribution in [1.29, 1.82) is 0 Å². The van der Waals surface area contributed by atoms with Crippen molar-refractivity contribution in [2.75, 3.05) is 0 Å². The quantitative estimate of drug-likeness (QED) is 0.766. The maximum absolute atomic E-state index is 5.62. The Balaban J connectivity index is 1.96. The summed E-state index contributed by atoms with van der Waals surface area (Å²) >= 11 is 0. The number of nitrogens with zero attached hydrogens (tertiary/aromatic N) is 2. The van der Waals surface area contributed by atoms with Crippen molar-refractivity contribution < 1.29 is 4.52 Å². The normalized spacial score (nSPS) is 19.8. The van der Waals surface area contributed by atoms with Crippen LogP contribution in [0.5, 0.6) is 0 Å². The fourth-order valence-corrected chi connectivity index (χ4v) is 1.48. The molecule has 0 spiro atoms. The van der Waals surface area contributed by atoms with Gasteiger partial charge in [0.25, 0.3) is 0 Å². The molecule has 1 atom stereocenters. The van der Waals surface area contributed by atoms with Crippen molar-refractivity contribution in [3.63, 3.8) is 0 Å². The van der Waals surface area contributed by atoms with E-state index >= 15 is 0 Å². The molecule has 0 amide bonds. The Bertz CT molecular complexity index is 278. The van der Waals surface area contributed by atoms with Gasteiger partial charge in [-0.1, -0.05) is 11.6 Å². The molecular weight excluding hydrogens is 166 g/mol. The molecule has 13 heavy (non-hydrogen) atoms. The Kier molecular flexibility index (Phi) is 2.31. The van der Waals surface area contributed by atoms with Crippen LogP contribution in [-0.4, -0.2) is 10.1 Å². The lowest BCUT2D eigenvalue weighted by Crippen LogP contribution is -2.14. The molecule has 0 bridgehead atoms. The van der Waals surface area contributed by atoms with Gasteiger partial charge in [-0.2, -0.15) is 4.98 Å². The van der Waals surface area contributed by atoms with Gasteiger partial charge < -0.3 is 10.3 Å². The van der Waals surface area contributed by atoms with Crippen LogP contribution in [-0.2, 0) is 6.42 Å². The summed E-state index contributed by atoms with van der Waals surface area (Å²) in [5.74, 6) is 2.13. The minimum atomic E-state index is -0.126. The Morgan fingerprint density at radius 2 is 2.38 bits per heavy atom. The average molecular weight is 181 g/mol. The van der Waals surface area contributed by atoms with Gasteiger partial charge in [-0.25, -0.2) is 0 Å². The van der Waals surface area contributed by atoms with Crippen LogP contribution >= 0.6 is 0 Å². The van der Waals surface area contributed by atoms with Crippen molar-refractivity contribution >= 4 is 0 Å². The van der Waals surface area contributed by atoms with Crippen molar-refractivity contribution in [3.05, 3.63) is 11.7 Å². The minimum Gasteiger partial charge on any atom is -0.339 e. The molecule has 4 nitrogen and oxygen atoms in total. The van der Waals surface area contributed by atoms with Crippen molar-refractivity contribution in [2.45, 2.75) is 38.6 Å². The average Bonchev–Trinajstić information content (AvgIpc) is 2.44. The largest absolute Gasteiger partial charge is 0.339 e. The summed E-state index contributed by atoms with van der Waals surface area (Å²) in [6.45, 7) is 1.86. The number of aromatic nitrogens is 2. The number of nitrogens with two attached hydrogens (primary N) is 1. The van der Waals surface area contributed by atoms with E-state index in [-0.39, 0.29) is 6.04 Å². The fraction of sp³-hybridized carbons (Fsp3) is 0.778. The second-order valence-electron chi connectivity index (χ2n) is 3.84. The summed E-state index contributed by atoms with van der Waals surface area (Å²) in [6, 6.07) is -0.126. The molecular formula is C9H15N3O. The van der Waals surface area contributed by atoms with Crippen LogP contribution in [0, 0.1) is 5.92 Å². The summed E-state index contributed by atoms with van der Waals surface area (Å²) in [5.41, 5.74) is 5.62. The second kappa shape index (κ2) is 3.46. The van der Waals surface area contributed by atoms with E-state index < -0.39 is 0 Å². The molecule has 1 aromatic rings. The Hall–Kier alpha value is -0.900. The number of hydrogen-bond acceptors (Lipinski definition) is 4. The van der Waals surface area contributed by atoms with E-state index in [0.29, 0.717) is 5.82 Å². The zero-order chi connectivity index (χ0) is 9.26. The van der Waals surface area contributed by atoms with E-state index in [0.717, 1.165) is 18.2 Å². The monoisotopic (exact) mass is 181 g/mol. The molecule has 1 unspecified atom stereocenters. The molecule has 72 valence electrons. The molecule has 0 aromatic carbocycles. The molecule has 0 radical (unpaired) electrons. The van der Waals surface area contributed by atoms with E-state index in [1.54, 1.807) is 0 Å². The van der Waals surface area contributed by atoms with Gasteiger partial charge >= 0.3 is 0 Å². The zero-order valence-electron chi connectivity index (χ0n) is 7.86. The van der Waals surface area contributed by atoms with Gasteiger partial charge in [-0.05, 0) is 25.7 Å². The van der Waals surface area contributed by atoms with Crippen molar-refractivity contribution in [1.82, 2.24) is 10.1 Å². The van der Waals surface area contributed by atoms with Crippen LogP contribution in [0.2, 0.25) is 0 Å². The molecule has 4 heteroatoms. The molecule has 0 saturated heterocycles. The molecule has 2 rings (SSSR count). The van der Waals surface area contributed by atoms with Gasteiger partial charge in [-0.3, -0.25) is 0 Å². The van der Waals surface area contributed by atoms with Gasteiger partial charge in [0, 0.05) is 6.42 Å². The van der Waals surface area contributed by atoms with E-state index in [1.165, 1.54) is 19.3 Å². The van der Waals surface area contributed by atoms with E-state index in [4.69, 9.17) is 10.3 Å². The first kappa shape index (κ1) is 8.69. The summed E-state index contributed by atoms with van der Waals surface area (Å²) in [4.78, 5) is 4.23. The Labute approximate surface area is 77.5 Å². The fourth-order valence-electron chi connectivity index (χ4n) is 1.48. The summed E-state index contributed by atoms with van der Waals surface area (Å²) in [7, 11) is 0. The van der Waals surface area contributed by atoms with Gasteiger partial charge in [-0.15, -0.1) is 0 Å². The van der Waals surface area contributed by atoms with E-state index in [9.17, 15) is 0 Å². The van der Waals surface area contributed by atoms with Gasteiger partial charge in [0.15, 0.2) is 5.82 Å². The lowest BCUT2D eigenvalue weighted by Gasteiger charge is -2.23. The highest BCUT2D eigenvalue weighted by atomic mass is 16.5. The zero-order valence-corrected chi connectivity index (χ0v) is 7.86. The smallest absolute Gasteiger partial charge is 0.226 e. The molecule has 1 aliphatic rings. The molecule has 1 aromatic heterocycles. The SMILES string of the molecule is CC(N)c1noc(CC2CCC2)n1. The number of rotatable bonds is 3. The molecule has 1 fully saturated rings. The highest BCUT2D eigenvalue weighted by molar-refractivity contribution is 4.92. The third-order valence-electron chi connectivity index (χ3n) is 2.58. The molecule has 0 aliphatic heterocycles. The highest BCUT2D eigenvalue weighted by Crippen LogP contribution is 2.29. The third-order valence-corrected chi connectivity index (χ3v) is 2.58. The first-order valence-corrected chi connectivity index (χ1v) is 4.84. The van der Waals surface area contributed by atoms with Gasteiger partial charge in [0.2, 0.25) is 5.89 Å². The molecule has 1 aliphatic carbocycles. The Morgan fingerprint density at radius 3 is 2.85 bits per heavy atom. The van der Waals surface area contributed by atoms with Crippen molar-refractivity contribution in [3.8, 4) is 0 Å². The van der Waals surface area contributed by atoms with Gasteiger partial charge in [0.1, 0.15) is 0 Å². The first-order chi connectivity index (χ1) is 6.25. The van der Waals surface area contributed by atoms with E-state index in [1.807, 2.05) is 6.92 Å². The van der Waals surface area contributed by atoms with Crippen LogP contribution in [0.3, 0.4) is 0 Å². The first-order valence-electron chi connectivity index (χ1n) is 4.84. The van der Waals surface area contributed by atoms with Crippen molar-refractivity contribution in [2.24, 2.45) is 11.7 Å². The van der Waals surface area contributed by atoms with Crippen LogP contribution in [0.25, 0.3) is 0 Å². The predicted molar refractivity (Wildman–Crippen MR) is 47.9 cm³/mol. The van der Waals surface area contributed by atoms with Crippen LogP contribution in [0.15, 0.2) is 4.52 Å². The maximum atomic E-state index is 5.62.